The van der Waals surface area contributed by atoms with Crippen molar-refractivity contribution >= 4 is 49.5 Å². The summed E-state index contributed by atoms with van der Waals surface area (Å²) in [4.78, 5) is 24.6. The van der Waals surface area contributed by atoms with Gasteiger partial charge in [-0.2, -0.15) is 0 Å². The Balaban J connectivity index is 2.15. The predicted octanol–water partition coefficient (Wildman–Crippen LogP) is 3.29. The zero-order valence-electron chi connectivity index (χ0n) is 9.90. The third kappa shape index (κ3) is 3.09. The number of aliphatic carboxylic acids is 1. The van der Waals surface area contributed by atoms with Crippen LogP contribution in [0.3, 0.4) is 0 Å². The summed E-state index contributed by atoms with van der Waals surface area (Å²) in [6.45, 7) is 0.463. The molecule has 0 spiro atoms. The van der Waals surface area contributed by atoms with Gasteiger partial charge in [-0.3, -0.25) is 0 Å². The highest BCUT2D eigenvalue weighted by atomic mass is 79.9. The summed E-state index contributed by atoms with van der Waals surface area (Å²) in [5, 5.41) is 11.8. The summed E-state index contributed by atoms with van der Waals surface area (Å²) in [5.74, 6) is -0.959. The molecule has 19 heavy (non-hydrogen) atoms. The van der Waals surface area contributed by atoms with Crippen LogP contribution in [0.1, 0.15) is 12.8 Å². The number of benzene rings is 1. The lowest BCUT2D eigenvalue weighted by molar-refractivity contribution is -0.141. The Morgan fingerprint density at radius 1 is 1.32 bits per heavy atom. The molecule has 1 aliphatic heterocycles. The van der Waals surface area contributed by atoms with Crippen molar-refractivity contribution < 1.29 is 14.7 Å². The number of hydrogen-bond acceptors (Lipinski definition) is 2. The number of nitrogens with one attached hydrogen (secondary N) is 1. The molecule has 7 heteroatoms. The van der Waals surface area contributed by atoms with Crippen molar-refractivity contribution in [2.24, 2.45) is 0 Å². The van der Waals surface area contributed by atoms with Gasteiger partial charge in [0, 0.05) is 15.5 Å². The maximum absolute atomic E-state index is 12.1. The molecule has 1 aromatic carbocycles. The Hall–Kier alpha value is -1.08. The van der Waals surface area contributed by atoms with E-state index in [1.165, 1.54) is 4.90 Å². The van der Waals surface area contributed by atoms with E-state index in [0.29, 0.717) is 25.1 Å². The highest BCUT2D eigenvalue weighted by Crippen LogP contribution is 2.31. The van der Waals surface area contributed by atoms with Crippen LogP contribution >= 0.6 is 31.9 Å². The van der Waals surface area contributed by atoms with E-state index in [4.69, 9.17) is 5.11 Å². The van der Waals surface area contributed by atoms with Crippen molar-refractivity contribution in [2.45, 2.75) is 18.9 Å². The Morgan fingerprint density at radius 2 is 1.95 bits per heavy atom. The first-order valence-corrected chi connectivity index (χ1v) is 7.33. The van der Waals surface area contributed by atoms with Gasteiger partial charge in [-0.25, -0.2) is 9.59 Å². The first kappa shape index (κ1) is 14.3. The van der Waals surface area contributed by atoms with Crippen molar-refractivity contribution in [3.63, 3.8) is 0 Å². The van der Waals surface area contributed by atoms with Crippen molar-refractivity contribution in [3.05, 3.63) is 27.1 Å². The molecule has 1 aliphatic rings. The van der Waals surface area contributed by atoms with Crippen LogP contribution in [0.4, 0.5) is 10.5 Å². The molecule has 0 aliphatic carbocycles. The number of nitrogens with zero attached hydrogens (tertiary/aromatic N) is 1. The molecule has 0 aromatic heterocycles. The number of hydrogen-bond donors (Lipinski definition) is 2. The second kappa shape index (κ2) is 5.92. The first-order valence-electron chi connectivity index (χ1n) is 5.75. The van der Waals surface area contributed by atoms with Crippen molar-refractivity contribution in [2.75, 3.05) is 11.9 Å². The van der Waals surface area contributed by atoms with E-state index in [2.05, 4.69) is 37.2 Å². The van der Waals surface area contributed by atoms with Gasteiger partial charge >= 0.3 is 12.0 Å². The smallest absolute Gasteiger partial charge is 0.326 e. The number of urea groups is 1. The summed E-state index contributed by atoms with van der Waals surface area (Å²) in [5.41, 5.74) is 0.600. The number of halogens is 2. The fourth-order valence-electron chi connectivity index (χ4n) is 2.06. The number of carboxylic acid groups (broad SMARTS) is 1. The van der Waals surface area contributed by atoms with E-state index < -0.39 is 18.0 Å². The van der Waals surface area contributed by atoms with Gasteiger partial charge in [-0.15, -0.1) is 0 Å². The van der Waals surface area contributed by atoms with E-state index in [1.807, 2.05) is 6.07 Å². The largest absolute Gasteiger partial charge is 0.480 e. The predicted molar refractivity (Wildman–Crippen MR) is 78.2 cm³/mol. The standard InChI is InChI=1S/C12H12Br2N2O3/c13-7-3-1-4-8(14)10(7)15-12(19)16-6-2-5-9(16)11(17)18/h1,3-4,9H,2,5-6H2,(H,15,19)(H,17,18). The fourth-order valence-corrected chi connectivity index (χ4v) is 3.26. The zero-order chi connectivity index (χ0) is 14.0. The van der Waals surface area contributed by atoms with E-state index in [-0.39, 0.29) is 0 Å². The quantitative estimate of drug-likeness (QED) is 0.812. The van der Waals surface area contributed by atoms with Crippen molar-refractivity contribution in [1.82, 2.24) is 4.90 Å². The Kier molecular flexibility index (Phi) is 4.46. The van der Waals surface area contributed by atoms with Gasteiger partial charge in [0.05, 0.1) is 5.69 Å². The SMILES string of the molecule is O=C(O)C1CCCN1C(=O)Nc1c(Br)cccc1Br. The highest BCUT2D eigenvalue weighted by molar-refractivity contribution is 9.11. The van der Waals surface area contributed by atoms with Crippen LogP contribution in [0.25, 0.3) is 0 Å². The lowest BCUT2D eigenvalue weighted by Crippen LogP contribution is -2.42. The molecular formula is C12H12Br2N2O3. The summed E-state index contributed by atoms with van der Waals surface area (Å²) in [7, 11) is 0. The Bertz CT molecular complexity index is 501. The highest BCUT2D eigenvalue weighted by Gasteiger charge is 2.34. The molecule has 102 valence electrons. The zero-order valence-corrected chi connectivity index (χ0v) is 13.1. The molecule has 2 N–H and O–H groups in total. The third-order valence-electron chi connectivity index (χ3n) is 2.99. The number of carbonyl (C=O) groups excluding carboxylic acids is 1. The third-order valence-corrected chi connectivity index (χ3v) is 4.32. The van der Waals surface area contributed by atoms with Crippen LogP contribution in [-0.4, -0.2) is 34.6 Å². The maximum Gasteiger partial charge on any atom is 0.326 e. The lowest BCUT2D eigenvalue weighted by atomic mass is 10.2. The summed E-state index contributed by atoms with van der Waals surface area (Å²) >= 11 is 6.70. The average Bonchev–Trinajstić information content (AvgIpc) is 2.83. The number of likely N-dealkylation sites (tertiary alicyclic amines) is 1. The molecule has 1 aromatic rings. The van der Waals surface area contributed by atoms with Gasteiger partial charge in [-0.1, -0.05) is 6.07 Å². The number of carbonyl (C=O) groups is 2. The van der Waals surface area contributed by atoms with Crippen LogP contribution in [0.2, 0.25) is 0 Å². The number of carboxylic acids is 1. The number of rotatable bonds is 2. The Labute approximate surface area is 127 Å². The van der Waals surface area contributed by atoms with Crippen LogP contribution in [-0.2, 0) is 4.79 Å². The fraction of sp³-hybridized carbons (Fsp3) is 0.333. The summed E-state index contributed by atoms with van der Waals surface area (Å²) in [6.07, 6.45) is 1.21. The van der Waals surface area contributed by atoms with Gasteiger partial charge < -0.3 is 15.3 Å². The molecule has 1 atom stereocenters. The molecule has 0 radical (unpaired) electrons. The monoisotopic (exact) mass is 390 g/mol. The number of para-hydroxylation sites is 1. The van der Waals surface area contributed by atoms with E-state index in [1.54, 1.807) is 12.1 Å². The van der Waals surface area contributed by atoms with Gasteiger partial charge in [0.25, 0.3) is 0 Å². The topological polar surface area (TPSA) is 69.6 Å². The molecular weight excluding hydrogens is 380 g/mol. The summed E-state index contributed by atoms with van der Waals surface area (Å²) < 4.78 is 1.47. The van der Waals surface area contributed by atoms with Gasteiger partial charge in [0.2, 0.25) is 0 Å². The van der Waals surface area contributed by atoms with Gasteiger partial charge in [0.15, 0.2) is 0 Å². The average molecular weight is 392 g/mol. The molecule has 2 rings (SSSR count). The molecule has 0 bridgehead atoms. The number of anilines is 1. The van der Waals surface area contributed by atoms with Crippen LogP contribution in [0.15, 0.2) is 27.1 Å². The van der Waals surface area contributed by atoms with E-state index in [9.17, 15) is 9.59 Å². The molecule has 1 fully saturated rings. The molecule has 0 saturated carbocycles. The maximum atomic E-state index is 12.1. The Morgan fingerprint density at radius 3 is 2.53 bits per heavy atom. The van der Waals surface area contributed by atoms with Crippen molar-refractivity contribution in [1.29, 1.82) is 0 Å². The second-order valence-electron chi connectivity index (χ2n) is 4.22. The molecule has 1 saturated heterocycles. The normalized spacial score (nSPS) is 18.4. The minimum atomic E-state index is -0.959. The van der Waals surface area contributed by atoms with Gasteiger partial charge in [-0.05, 0) is 56.8 Å². The minimum Gasteiger partial charge on any atom is -0.480 e. The number of amides is 2. The van der Waals surface area contributed by atoms with Crippen LogP contribution in [0, 0.1) is 0 Å². The summed E-state index contributed by atoms with van der Waals surface area (Å²) in [6, 6.07) is 4.32. The van der Waals surface area contributed by atoms with E-state index >= 15 is 0 Å². The van der Waals surface area contributed by atoms with Crippen LogP contribution < -0.4 is 5.32 Å². The lowest BCUT2D eigenvalue weighted by Gasteiger charge is -2.22. The second-order valence-corrected chi connectivity index (χ2v) is 5.93. The van der Waals surface area contributed by atoms with Gasteiger partial charge in [0.1, 0.15) is 6.04 Å². The van der Waals surface area contributed by atoms with E-state index in [0.717, 1.165) is 8.95 Å². The van der Waals surface area contributed by atoms with Crippen LogP contribution in [0.5, 0.6) is 0 Å². The molecule has 1 heterocycles. The molecule has 1 unspecified atom stereocenters. The molecule has 5 nitrogen and oxygen atoms in total. The van der Waals surface area contributed by atoms with Crippen molar-refractivity contribution in [3.8, 4) is 0 Å². The first-order chi connectivity index (χ1) is 9.00. The minimum absolute atomic E-state index is 0.391. The molecule has 2 amide bonds.